The Morgan fingerprint density at radius 1 is 0.947 bits per heavy atom. The summed E-state index contributed by atoms with van der Waals surface area (Å²) in [5.41, 5.74) is 0. The Kier molecular flexibility index (Phi) is 5.64. The average Bonchev–Trinajstić information content (AvgIpc) is 3.03. The highest BCUT2D eigenvalue weighted by molar-refractivity contribution is 7.27. The highest BCUT2D eigenvalue weighted by Crippen LogP contribution is 2.31. The van der Waals surface area contributed by atoms with Crippen molar-refractivity contribution in [3.63, 3.8) is 0 Å². The number of thiophene rings is 2. The molecule has 0 amide bonds. The largest absolute Gasteiger partial charge is 0.499 e. The molecule has 0 radical (unpaired) electrons. The minimum absolute atomic E-state index is 0.605. The molecule has 0 atom stereocenters. The van der Waals surface area contributed by atoms with Gasteiger partial charge in [0.2, 0.25) is 0 Å². The lowest BCUT2D eigenvalue weighted by molar-refractivity contribution is 0.427. The maximum absolute atomic E-state index is 9.13. The molecule has 5 heteroatoms. The van der Waals surface area contributed by atoms with Crippen LogP contribution in [0.3, 0.4) is 0 Å². The van der Waals surface area contributed by atoms with Crippen LogP contribution in [0.1, 0.15) is 37.5 Å². The second-order valence-electron chi connectivity index (χ2n) is 4.65. The first-order valence-electron chi connectivity index (χ1n) is 6.75. The Morgan fingerprint density at radius 2 is 1.68 bits per heavy atom. The van der Waals surface area contributed by atoms with Gasteiger partial charge in [-0.2, -0.15) is 0 Å². The highest BCUT2D eigenvalue weighted by atomic mass is 32.1. The lowest BCUT2D eigenvalue weighted by Crippen LogP contribution is -2.26. The molecule has 0 fully saturated rings. The standard InChI is InChI=1S/C14H19BO2S2/c1-2-3-4-5-6-11-7-8-12(18-11)13-9-10-14(19-13)15(16)17/h7-10,16-17H,2-6H2,1H3. The molecule has 102 valence electrons. The topological polar surface area (TPSA) is 40.5 Å². The van der Waals surface area contributed by atoms with Crippen molar-refractivity contribution < 1.29 is 10.0 Å². The average molecular weight is 294 g/mol. The van der Waals surface area contributed by atoms with Crippen molar-refractivity contribution in [1.82, 2.24) is 0 Å². The van der Waals surface area contributed by atoms with E-state index in [-0.39, 0.29) is 0 Å². The van der Waals surface area contributed by atoms with Crippen LogP contribution in [-0.2, 0) is 6.42 Å². The van der Waals surface area contributed by atoms with E-state index in [9.17, 15) is 0 Å². The number of aryl methyl sites for hydroxylation is 1. The van der Waals surface area contributed by atoms with E-state index >= 15 is 0 Å². The number of hydrogen-bond donors (Lipinski definition) is 2. The van der Waals surface area contributed by atoms with E-state index in [1.807, 2.05) is 17.4 Å². The van der Waals surface area contributed by atoms with Gasteiger partial charge in [-0.15, -0.1) is 22.7 Å². The summed E-state index contributed by atoms with van der Waals surface area (Å²) in [6.07, 6.45) is 6.33. The van der Waals surface area contributed by atoms with Crippen molar-refractivity contribution in [2.24, 2.45) is 0 Å². The van der Waals surface area contributed by atoms with Crippen LogP contribution in [0.4, 0.5) is 0 Å². The summed E-state index contributed by atoms with van der Waals surface area (Å²) in [5, 5.41) is 18.3. The van der Waals surface area contributed by atoms with Gasteiger partial charge >= 0.3 is 7.12 Å². The van der Waals surface area contributed by atoms with E-state index in [1.54, 1.807) is 6.07 Å². The summed E-state index contributed by atoms with van der Waals surface area (Å²) in [6.45, 7) is 2.23. The quantitative estimate of drug-likeness (QED) is 0.608. The molecule has 2 nitrogen and oxygen atoms in total. The Labute approximate surface area is 122 Å². The van der Waals surface area contributed by atoms with Crippen molar-refractivity contribution in [1.29, 1.82) is 0 Å². The molecule has 2 aromatic rings. The number of rotatable bonds is 7. The lowest BCUT2D eigenvalue weighted by atomic mass is 9.90. The van der Waals surface area contributed by atoms with E-state index in [0.29, 0.717) is 4.78 Å². The molecule has 0 aromatic carbocycles. The first-order valence-corrected chi connectivity index (χ1v) is 8.39. The minimum atomic E-state index is -1.35. The van der Waals surface area contributed by atoms with Crippen molar-refractivity contribution in [3.05, 3.63) is 29.1 Å². The zero-order valence-electron chi connectivity index (χ0n) is 11.1. The van der Waals surface area contributed by atoms with Gasteiger partial charge in [0.15, 0.2) is 0 Å². The number of hydrogen-bond acceptors (Lipinski definition) is 4. The van der Waals surface area contributed by atoms with Gasteiger partial charge in [-0.3, -0.25) is 0 Å². The first-order chi connectivity index (χ1) is 9.20. The van der Waals surface area contributed by atoms with E-state index in [1.165, 1.54) is 46.8 Å². The zero-order valence-corrected chi connectivity index (χ0v) is 12.8. The van der Waals surface area contributed by atoms with Gasteiger partial charge in [-0.25, -0.2) is 0 Å². The van der Waals surface area contributed by atoms with Gasteiger partial charge in [0, 0.05) is 19.4 Å². The van der Waals surface area contributed by atoms with E-state index < -0.39 is 7.12 Å². The predicted molar refractivity (Wildman–Crippen MR) is 85.3 cm³/mol. The molecular formula is C14H19BO2S2. The van der Waals surface area contributed by atoms with Gasteiger partial charge in [-0.05, 0) is 31.0 Å². The molecule has 0 spiro atoms. The maximum atomic E-state index is 9.13. The second-order valence-corrected chi connectivity index (χ2v) is 6.94. The van der Waals surface area contributed by atoms with Crippen LogP contribution in [0.2, 0.25) is 0 Å². The molecule has 2 rings (SSSR count). The predicted octanol–water partition coefficient (Wildman–Crippen LogP) is 3.28. The molecule has 0 aliphatic heterocycles. The van der Waals surface area contributed by atoms with Crippen molar-refractivity contribution >= 4 is 34.6 Å². The molecule has 0 aliphatic rings. The van der Waals surface area contributed by atoms with Crippen molar-refractivity contribution in [3.8, 4) is 9.75 Å². The van der Waals surface area contributed by atoms with Crippen LogP contribution in [0.25, 0.3) is 9.75 Å². The fourth-order valence-corrected chi connectivity index (χ4v) is 4.01. The first kappa shape index (κ1) is 14.8. The summed E-state index contributed by atoms with van der Waals surface area (Å²) in [7, 11) is -1.35. The Hall–Kier alpha value is -0.615. The van der Waals surface area contributed by atoms with E-state index in [4.69, 9.17) is 10.0 Å². The molecule has 2 N–H and O–H groups in total. The summed E-state index contributed by atoms with van der Waals surface area (Å²) < 4.78 is 0.605. The molecule has 0 unspecified atom stereocenters. The fraction of sp³-hybridized carbons (Fsp3) is 0.429. The van der Waals surface area contributed by atoms with Crippen LogP contribution >= 0.6 is 22.7 Å². The van der Waals surface area contributed by atoms with Crippen molar-refractivity contribution in [2.45, 2.75) is 39.0 Å². The normalized spacial score (nSPS) is 10.9. The smallest absolute Gasteiger partial charge is 0.423 e. The molecule has 0 saturated heterocycles. The monoisotopic (exact) mass is 294 g/mol. The van der Waals surface area contributed by atoms with Crippen LogP contribution in [-0.4, -0.2) is 17.2 Å². The highest BCUT2D eigenvalue weighted by Gasteiger charge is 2.15. The van der Waals surface area contributed by atoms with E-state index in [2.05, 4.69) is 19.1 Å². The van der Waals surface area contributed by atoms with Gasteiger partial charge in [-0.1, -0.05) is 32.3 Å². The summed E-state index contributed by atoms with van der Waals surface area (Å²) >= 11 is 3.27. The van der Waals surface area contributed by atoms with Gasteiger partial charge < -0.3 is 10.0 Å². The third-order valence-electron chi connectivity index (χ3n) is 3.06. The molecular weight excluding hydrogens is 275 g/mol. The van der Waals surface area contributed by atoms with Crippen molar-refractivity contribution in [2.75, 3.05) is 0 Å². The van der Waals surface area contributed by atoms with Gasteiger partial charge in [0.25, 0.3) is 0 Å². The van der Waals surface area contributed by atoms with Crippen LogP contribution in [0, 0.1) is 0 Å². The van der Waals surface area contributed by atoms with Crippen LogP contribution in [0.15, 0.2) is 24.3 Å². The Bertz CT molecular complexity index is 505. The number of unbranched alkanes of at least 4 members (excludes halogenated alkanes) is 3. The van der Waals surface area contributed by atoms with Gasteiger partial charge in [0.1, 0.15) is 0 Å². The van der Waals surface area contributed by atoms with Crippen LogP contribution < -0.4 is 4.78 Å². The summed E-state index contributed by atoms with van der Waals surface area (Å²) in [4.78, 5) is 3.76. The Balaban J connectivity index is 1.95. The SMILES string of the molecule is CCCCCCc1ccc(-c2ccc(B(O)O)s2)s1. The third-order valence-corrected chi connectivity index (χ3v) is 5.53. The second kappa shape index (κ2) is 7.24. The minimum Gasteiger partial charge on any atom is -0.423 e. The molecule has 0 bridgehead atoms. The molecule has 0 saturated carbocycles. The molecule has 2 heterocycles. The zero-order chi connectivity index (χ0) is 13.7. The third kappa shape index (κ3) is 4.18. The van der Waals surface area contributed by atoms with Crippen LogP contribution in [0.5, 0.6) is 0 Å². The lowest BCUT2D eigenvalue weighted by Gasteiger charge is -1.96. The Morgan fingerprint density at radius 3 is 2.37 bits per heavy atom. The maximum Gasteiger partial charge on any atom is 0.499 e. The molecule has 0 aliphatic carbocycles. The molecule has 19 heavy (non-hydrogen) atoms. The molecule has 2 aromatic heterocycles. The fourth-order valence-electron chi connectivity index (χ4n) is 1.99. The summed E-state index contributed by atoms with van der Waals surface area (Å²) in [6, 6.07) is 8.08. The summed E-state index contributed by atoms with van der Waals surface area (Å²) in [5.74, 6) is 0. The van der Waals surface area contributed by atoms with E-state index in [0.717, 1.165) is 11.3 Å². The van der Waals surface area contributed by atoms with Gasteiger partial charge in [0.05, 0.1) is 0 Å².